The van der Waals surface area contributed by atoms with Gasteiger partial charge in [0, 0.05) is 10.0 Å². The standard InChI is InChI=1S/C14H12BrN3O/c1-14(2)10(7-16)11(14)13-17-12(18-19-13)8-4-3-5-9(15)6-8/h3-6,10-11H,1-2H3. The van der Waals surface area contributed by atoms with Crippen LogP contribution in [0.4, 0.5) is 0 Å². The molecule has 1 heterocycles. The van der Waals surface area contributed by atoms with Crippen LogP contribution in [0.1, 0.15) is 25.7 Å². The molecule has 1 aliphatic rings. The Morgan fingerprint density at radius 1 is 1.42 bits per heavy atom. The highest BCUT2D eigenvalue weighted by Gasteiger charge is 2.62. The van der Waals surface area contributed by atoms with Crippen molar-refractivity contribution in [2.45, 2.75) is 19.8 Å². The minimum Gasteiger partial charge on any atom is -0.339 e. The smallest absolute Gasteiger partial charge is 0.232 e. The molecule has 0 spiro atoms. The zero-order valence-electron chi connectivity index (χ0n) is 10.6. The van der Waals surface area contributed by atoms with Gasteiger partial charge in [-0.05, 0) is 17.5 Å². The normalized spacial score (nSPS) is 23.9. The average molecular weight is 318 g/mol. The maximum absolute atomic E-state index is 9.09. The predicted molar refractivity (Wildman–Crippen MR) is 73.1 cm³/mol. The fraction of sp³-hybridized carbons (Fsp3) is 0.357. The van der Waals surface area contributed by atoms with E-state index in [-0.39, 0.29) is 17.3 Å². The number of hydrogen-bond acceptors (Lipinski definition) is 4. The SMILES string of the molecule is CC1(C)C(C#N)C1c1nc(-c2cccc(Br)c2)no1. The van der Waals surface area contributed by atoms with Gasteiger partial charge in [0.05, 0.1) is 17.9 Å². The van der Waals surface area contributed by atoms with Gasteiger partial charge in [-0.25, -0.2) is 0 Å². The van der Waals surface area contributed by atoms with Crippen LogP contribution < -0.4 is 0 Å². The Morgan fingerprint density at radius 2 is 2.21 bits per heavy atom. The van der Waals surface area contributed by atoms with Gasteiger partial charge >= 0.3 is 0 Å². The molecule has 0 bridgehead atoms. The molecule has 1 fully saturated rings. The van der Waals surface area contributed by atoms with E-state index in [1.54, 1.807) is 0 Å². The molecule has 2 unspecified atom stereocenters. The lowest BCUT2D eigenvalue weighted by atomic mass is 10.1. The Bertz CT molecular complexity index is 671. The van der Waals surface area contributed by atoms with E-state index in [1.165, 1.54) is 0 Å². The van der Waals surface area contributed by atoms with Crippen molar-refractivity contribution in [3.63, 3.8) is 0 Å². The summed E-state index contributed by atoms with van der Waals surface area (Å²) in [5.74, 6) is 1.14. The third-order valence-electron chi connectivity index (χ3n) is 3.76. The van der Waals surface area contributed by atoms with Gasteiger partial charge in [0.15, 0.2) is 0 Å². The second-order valence-corrected chi connectivity index (χ2v) is 6.29. The molecule has 3 rings (SSSR count). The molecule has 0 saturated heterocycles. The van der Waals surface area contributed by atoms with E-state index in [1.807, 2.05) is 24.3 Å². The first-order valence-electron chi connectivity index (χ1n) is 6.03. The van der Waals surface area contributed by atoms with Crippen LogP contribution in [0, 0.1) is 22.7 Å². The van der Waals surface area contributed by atoms with Crippen molar-refractivity contribution >= 4 is 15.9 Å². The number of hydrogen-bond donors (Lipinski definition) is 0. The van der Waals surface area contributed by atoms with Crippen LogP contribution in [0.3, 0.4) is 0 Å². The van der Waals surface area contributed by atoms with Crippen molar-refractivity contribution < 1.29 is 4.52 Å². The first kappa shape index (κ1) is 12.4. The van der Waals surface area contributed by atoms with Gasteiger partial charge in [-0.15, -0.1) is 0 Å². The Hall–Kier alpha value is -1.67. The Balaban J connectivity index is 1.92. The van der Waals surface area contributed by atoms with Gasteiger partial charge in [-0.2, -0.15) is 10.2 Å². The van der Waals surface area contributed by atoms with E-state index in [4.69, 9.17) is 9.78 Å². The second kappa shape index (κ2) is 4.17. The van der Waals surface area contributed by atoms with Crippen molar-refractivity contribution in [1.82, 2.24) is 10.1 Å². The summed E-state index contributed by atoms with van der Waals surface area (Å²) in [6, 6.07) is 10.0. The Labute approximate surface area is 119 Å². The summed E-state index contributed by atoms with van der Waals surface area (Å²) in [5.41, 5.74) is 0.826. The van der Waals surface area contributed by atoms with E-state index in [0.717, 1.165) is 10.0 Å². The molecule has 1 aromatic carbocycles. The van der Waals surface area contributed by atoms with E-state index in [2.05, 4.69) is 46.0 Å². The van der Waals surface area contributed by atoms with E-state index < -0.39 is 0 Å². The summed E-state index contributed by atoms with van der Waals surface area (Å²) < 4.78 is 6.29. The fourth-order valence-corrected chi connectivity index (χ4v) is 2.85. The number of halogens is 1. The average Bonchev–Trinajstić information content (AvgIpc) is 2.76. The third-order valence-corrected chi connectivity index (χ3v) is 4.25. The monoisotopic (exact) mass is 317 g/mol. The largest absolute Gasteiger partial charge is 0.339 e. The molecular formula is C14H12BrN3O. The zero-order valence-corrected chi connectivity index (χ0v) is 12.2. The van der Waals surface area contributed by atoms with Crippen LogP contribution in [0.25, 0.3) is 11.4 Å². The predicted octanol–water partition coefficient (Wildman–Crippen LogP) is 3.76. The van der Waals surface area contributed by atoms with Crippen molar-refractivity contribution in [2.75, 3.05) is 0 Å². The van der Waals surface area contributed by atoms with Crippen LogP contribution in [0.2, 0.25) is 0 Å². The highest BCUT2D eigenvalue weighted by molar-refractivity contribution is 9.10. The summed E-state index contributed by atoms with van der Waals surface area (Å²) in [5, 5.41) is 13.1. The number of aromatic nitrogens is 2. The van der Waals surface area contributed by atoms with Crippen LogP contribution in [-0.4, -0.2) is 10.1 Å². The van der Waals surface area contributed by atoms with Gasteiger partial charge in [0.1, 0.15) is 0 Å². The van der Waals surface area contributed by atoms with Crippen molar-refractivity contribution in [1.29, 1.82) is 5.26 Å². The fourth-order valence-electron chi connectivity index (χ4n) is 2.45. The van der Waals surface area contributed by atoms with Gasteiger partial charge in [-0.1, -0.05) is 47.1 Å². The molecule has 0 amide bonds. The molecule has 2 atom stereocenters. The summed E-state index contributed by atoms with van der Waals surface area (Å²) >= 11 is 3.42. The first-order valence-corrected chi connectivity index (χ1v) is 6.82. The number of nitriles is 1. The lowest BCUT2D eigenvalue weighted by molar-refractivity contribution is 0.368. The Kier molecular flexibility index (Phi) is 2.72. The molecule has 5 heteroatoms. The molecule has 0 radical (unpaired) electrons. The molecule has 1 aromatic heterocycles. The summed E-state index contributed by atoms with van der Waals surface area (Å²) in [6.07, 6.45) is 0. The summed E-state index contributed by atoms with van der Waals surface area (Å²) in [6.45, 7) is 4.10. The first-order chi connectivity index (χ1) is 9.04. The molecule has 96 valence electrons. The molecule has 2 aromatic rings. The van der Waals surface area contributed by atoms with Crippen molar-refractivity contribution in [3.05, 3.63) is 34.6 Å². The summed E-state index contributed by atoms with van der Waals surface area (Å²) in [4.78, 5) is 4.43. The molecule has 0 N–H and O–H groups in total. The van der Waals surface area contributed by atoms with E-state index >= 15 is 0 Å². The molecule has 4 nitrogen and oxygen atoms in total. The highest BCUT2D eigenvalue weighted by atomic mass is 79.9. The number of nitrogens with zero attached hydrogens (tertiary/aromatic N) is 3. The van der Waals surface area contributed by atoms with Crippen LogP contribution in [0.15, 0.2) is 33.3 Å². The van der Waals surface area contributed by atoms with Gasteiger partial charge < -0.3 is 4.52 Å². The lowest BCUT2D eigenvalue weighted by Crippen LogP contribution is -1.90. The minimum absolute atomic E-state index is 0.0386. The van der Waals surface area contributed by atoms with Crippen LogP contribution >= 0.6 is 15.9 Å². The quantitative estimate of drug-likeness (QED) is 0.846. The van der Waals surface area contributed by atoms with Gasteiger partial charge in [0.2, 0.25) is 11.7 Å². The van der Waals surface area contributed by atoms with Crippen molar-refractivity contribution in [3.8, 4) is 17.5 Å². The Morgan fingerprint density at radius 3 is 2.84 bits per heavy atom. The van der Waals surface area contributed by atoms with Crippen LogP contribution in [-0.2, 0) is 0 Å². The second-order valence-electron chi connectivity index (χ2n) is 5.37. The third kappa shape index (κ3) is 1.96. The molecular weight excluding hydrogens is 306 g/mol. The highest BCUT2D eigenvalue weighted by Crippen LogP contribution is 2.63. The minimum atomic E-state index is -0.0736. The van der Waals surface area contributed by atoms with Gasteiger partial charge in [-0.3, -0.25) is 0 Å². The van der Waals surface area contributed by atoms with Crippen molar-refractivity contribution in [2.24, 2.45) is 11.3 Å². The van der Waals surface area contributed by atoms with Gasteiger partial charge in [0.25, 0.3) is 0 Å². The topological polar surface area (TPSA) is 62.7 Å². The molecule has 1 aliphatic carbocycles. The van der Waals surface area contributed by atoms with E-state index in [9.17, 15) is 0 Å². The maximum atomic E-state index is 9.09. The summed E-state index contributed by atoms with van der Waals surface area (Å²) in [7, 11) is 0. The van der Waals surface area contributed by atoms with Crippen LogP contribution in [0.5, 0.6) is 0 Å². The zero-order chi connectivity index (χ0) is 13.6. The maximum Gasteiger partial charge on any atom is 0.232 e. The number of benzene rings is 1. The molecule has 1 saturated carbocycles. The molecule has 0 aliphatic heterocycles. The lowest BCUT2D eigenvalue weighted by Gasteiger charge is -1.95. The van der Waals surface area contributed by atoms with E-state index in [0.29, 0.717) is 11.7 Å². The number of rotatable bonds is 2. The molecule has 19 heavy (non-hydrogen) atoms.